The Morgan fingerprint density at radius 1 is 1.29 bits per heavy atom. The van der Waals surface area contributed by atoms with Gasteiger partial charge in [0.05, 0.1) is 13.2 Å². The molecule has 1 aliphatic heterocycles. The minimum Gasteiger partial charge on any atom is -0.466 e. The van der Waals surface area contributed by atoms with E-state index in [1.165, 1.54) is 4.90 Å². The summed E-state index contributed by atoms with van der Waals surface area (Å²) in [6, 6.07) is 0. The van der Waals surface area contributed by atoms with Gasteiger partial charge in [0.15, 0.2) is 5.82 Å². The molecule has 1 aliphatic rings. The number of carbonyl (C=O) groups is 2. The third kappa shape index (κ3) is 3.31. The van der Waals surface area contributed by atoms with Crippen molar-refractivity contribution in [1.29, 1.82) is 0 Å². The SMILES string of the molecule is CCOC(=O)CC(=O)N1CCn2c(nnc2C(F)(F)F)C1. The zero-order valence-electron chi connectivity index (χ0n) is 11.2. The lowest BCUT2D eigenvalue weighted by atomic mass is 10.3. The van der Waals surface area contributed by atoms with Crippen LogP contribution in [0.3, 0.4) is 0 Å². The molecule has 2 heterocycles. The molecule has 0 atom stereocenters. The van der Waals surface area contributed by atoms with E-state index in [4.69, 9.17) is 0 Å². The lowest BCUT2D eigenvalue weighted by Gasteiger charge is -2.27. The maximum Gasteiger partial charge on any atom is 0.451 e. The Balaban J connectivity index is 2.05. The van der Waals surface area contributed by atoms with Crippen LogP contribution in [0.4, 0.5) is 13.2 Å². The fourth-order valence-electron chi connectivity index (χ4n) is 2.03. The van der Waals surface area contributed by atoms with Gasteiger partial charge >= 0.3 is 12.1 Å². The van der Waals surface area contributed by atoms with Crippen LogP contribution in [0.25, 0.3) is 0 Å². The largest absolute Gasteiger partial charge is 0.466 e. The van der Waals surface area contributed by atoms with E-state index in [-0.39, 0.29) is 32.1 Å². The predicted octanol–water partition coefficient (Wildman–Crippen LogP) is 0.592. The molecule has 0 unspecified atom stereocenters. The summed E-state index contributed by atoms with van der Waals surface area (Å²) in [5.41, 5.74) is 0. The topological polar surface area (TPSA) is 77.3 Å². The average Bonchev–Trinajstić information content (AvgIpc) is 2.81. The van der Waals surface area contributed by atoms with Crippen LogP contribution in [0.2, 0.25) is 0 Å². The van der Waals surface area contributed by atoms with Gasteiger partial charge in [0.1, 0.15) is 6.42 Å². The first-order valence-corrected chi connectivity index (χ1v) is 6.25. The maximum atomic E-state index is 12.7. The number of hydrogen-bond donors (Lipinski definition) is 0. The minimum atomic E-state index is -4.58. The van der Waals surface area contributed by atoms with E-state index < -0.39 is 30.3 Å². The van der Waals surface area contributed by atoms with Crippen LogP contribution in [0, 0.1) is 0 Å². The van der Waals surface area contributed by atoms with Crippen molar-refractivity contribution in [3.05, 3.63) is 11.6 Å². The van der Waals surface area contributed by atoms with Crippen molar-refractivity contribution >= 4 is 11.9 Å². The molecule has 0 aliphatic carbocycles. The molecule has 10 heteroatoms. The molecule has 0 N–H and O–H groups in total. The quantitative estimate of drug-likeness (QED) is 0.603. The number of esters is 1. The van der Waals surface area contributed by atoms with Gasteiger partial charge in [0.2, 0.25) is 11.7 Å². The van der Waals surface area contributed by atoms with Gasteiger partial charge in [-0.2, -0.15) is 13.2 Å². The normalized spacial score (nSPS) is 14.8. The first-order chi connectivity index (χ1) is 9.82. The number of fused-ring (bicyclic) bond motifs is 1. The number of nitrogens with zero attached hydrogens (tertiary/aromatic N) is 4. The van der Waals surface area contributed by atoms with E-state index in [9.17, 15) is 22.8 Å². The molecular formula is C11H13F3N4O3. The zero-order chi connectivity index (χ0) is 15.6. The first-order valence-electron chi connectivity index (χ1n) is 6.25. The Bertz CT molecular complexity index is 555. The first kappa shape index (κ1) is 15.3. The summed E-state index contributed by atoms with van der Waals surface area (Å²) in [5.74, 6) is -2.19. The van der Waals surface area contributed by atoms with Gasteiger partial charge in [-0.3, -0.25) is 9.59 Å². The van der Waals surface area contributed by atoms with E-state index in [2.05, 4.69) is 14.9 Å². The van der Waals surface area contributed by atoms with Crippen molar-refractivity contribution < 1.29 is 27.5 Å². The van der Waals surface area contributed by atoms with Gasteiger partial charge in [-0.15, -0.1) is 10.2 Å². The average molecular weight is 306 g/mol. The Morgan fingerprint density at radius 3 is 2.62 bits per heavy atom. The molecule has 0 aromatic carbocycles. The van der Waals surface area contributed by atoms with Crippen molar-refractivity contribution in [3.8, 4) is 0 Å². The fraction of sp³-hybridized carbons (Fsp3) is 0.636. The second-order valence-corrected chi connectivity index (χ2v) is 4.39. The number of ether oxygens (including phenoxy) is 1. The Kier molecular flexibility index (Phi) is 4.14. The molecule has 116 valence electrons. The van der Waals surface area contributed by atoms with Crippen LogP contribution in [-0.2, 0) is 33.6 Å². The molecule has 7 nitrogen and oxygen atoms in total. The van der Waals surface area contributed by atoms with Gasteiger partial charge in [-0.1, -0.05) is 0 Å². The van der Waals surface area contributed by atoms with Crippen molar-refractivity contribution in [1.82, 2.24) is 19.7 Å². The number of carbonyl (C=O) groups excluding carboxylic acids is 2. The third-order valence-corrected chi connectivity index (χ3v) is 2.96. The molecule has 2 rings (SSSR count). The number of aromatic nitrogens is 3. The highest BCUT2D eigenvalue weighted by molar-refractivity contribution is 5.94. The third-order valence-electron chi connectivity index (χ3n) is 2.96. The van der Waals surface area contributed by atoms with Crippen LogP contribution in [0.15, 0.2) is 0 Å². The highest BCUT2D eigenvalue weighted by Crippen LogP contribution is 2.29. The van der Waals surface area contributed by atoms with E-state index in [0.717, 1.165) is 4.57 Å². The highest BCUT2D eigenvalue weighted by atomic mass is 19.4. The van der Waals surface area contributed by atoms with Crippen molar-refractivity contribution in [2.75, 3.05) is 13.2 Å². The zero-order valence-corrected chi connectivity index (χ0v) is 11.2. The predicted molar refractivity (Wildman–Crippen MR) is 61.7 cm³/mol. The Labute approximate surface area is 117 Å². The van der Waals surface area contributed by atoms with E-state index in [0.29, 0.717) is 0 Å². The molecular weight excluding hydrogens is 293 g/mol. The van der Waals surface area contributed by atoms with E-state index in [1.54, 1.807) is 6.92 Å². The van der Waals surface area contributed by atoms with Gasteiger partial charge in [-0.05, 0) is 6.92 Å². The van der Waals surface area contributed by atoms with E-state index in [1.807, 2.05) is 0 Å². The number of alkyl halides is 3. The molecule has 0 spiro atoms. The standard InChI is InChI=1S/C11H13F3N4O3/c1-2-21-9(20)5-8(19)17-3-4-18-7(6-17)15-16-10(18)11(12,13)14/h2-6H2,1H3. The summed E-state index contributed by atoms with van der Waals surface area (Å²) >= 11 is 0. The maximum absolute atomic E-state index is 12.7. The second-order valence-electron chi connectivity index (χ2n) is 4.39. The van der Waals surface area contributed by atoms with Crippen molar-refractivity contribution in [3.63, 3.8) is 0 Å². The summed E-state index contributed by atoms with van der Waals surface area (Å²) < 4.78 is 43.6. The molecule has 0 bridgehead atoms. The van der Waals surface area contributed by atoms with Gasteiger partial charge < -0.3 is 14.2 Å². The molecule has 1 amide bonds. The number of amides is 1. The van der Waals surface area contributed by atoms with Crippen LogP contribution < -0.4 is 0 Å². The van der Waals surface area contributed by atoms with Crippen LogP contribution >= 0.6 is 0 Å². The molecule has 0 saturated carbocycles. The second kappa shape index (κ2) is 5.70. The lowest BCUT2D eigenvalue weighted by molar-refractivity contribution is -0.149. The summed E-state index contributed by atoms with van der Waals surface area (Å²) in [5, 5.41) is 6.57. The van der Waals surface area contributed by atoms with E-state index >= 15 is 0 Å². The molecule has 0 saturated heterocycles. The van der Waals surface area contributed by atoms with Gasteiger partial charge in [0.25, 0.3) is 0 Å². The smallest absolute Gasteiger partial charge is 0.451 e. The van der Waals surface area contributed by atoms with Crippen LogP contribution in [0.5, 0.6) is 0 Å². The molecule has 0 fully saturated rings. The summed E-state index contributed by atoms with van der Waals surface area (Å²) in [7, 11) is 0. The summed E-state index contributed by atoms with van der Waals surface area (Å²) in [6.07, 6.45) is -5.02. The Hall–Kier alpha value is -2.13. The van der Waals surface area contributed by atoms with Crippen LogP contribution in [-0.4, -0.2) is 44.7 Å². The van der Waals surface area contributed by atoms with Gasteiger partial charge in [-0.25, -0.2) is 0 Å². The van der Waals surface area contributed by atoms with Crippen LogP contribution in [0.1, 0.15) is 25.0 Å². The molecule has 21 heavy (non-hydrogen) atoms. The number of halogens is 3. The lowest BCUT2D eigenvalue weighted by Crippen LogP contribution is -2.40. The number of rotatable bonds is 3. The summed E-state index contributed by atoms with van der Waals surface area (Å²) in [6.45, 7) is 1.67. The summed E-state index contributed by atoms with van der Waals surface area (Å²) in [4.78, 5) is 24.3. The molecule has 1 aromatic rings. The monoisotopic (exact) mass is 306 g/mol. The Morgan fingerprint density at radius 2 is 2.00 bits per heavy atom. The minimum absolute atomic E-state index is 0.0470. The van der Waals surface area contributed by atoms with Crippen molar-refractivity contribution in [2.24, 2.45) is 0 Å². The molecule has 0 radical (unpaired) electrons. The van der Waals surface area contributed by atoms with Crippen molar-refractivity contribution in [2.45, 2.75) is 32.6 Å². The number of hydrogen-bond acceptors (Lipinski definition) is 5. The molecule has 1 aromatic heterocycles. The fourth-order valence-corrected chi connectivity index (χ4v) is 2.03. The van der Waals surface area contributed by atoms with Gasteiger partial charge in [0, 0.05) is 13.1 Å². The highest BCUT2D eigenvalue weighted by Gasteiger charge is 2.39.